The normalized spacial score (nSPS) is 23.8. The number of allylic oxidation sites excluding steroid dienone is 1. The fourth-order valence-electron chi connectivity index (χ4n) is 5.57. The SMILES string of the molecule is CCC1(C)CCCc2c(-c3cc4c([nH]3)C=C(C(=O)N3CCCN(C)CC3)CC=C4)n[nH]c2C1. The van der Waals surface area contributed by atoms with Gasteiger partial charge in [0.2, 0.25) is 5.91 Å². The Morgan fingerprint density at radius 1 is 1.21 bits per heavy atom. The second kappa shape index (κ2) is 8.98. The molecule has 0 aromatic carbocycles. The number of amides is 1. The molecular weight excluding hydrogens is 410 g/mol. The number of H-pyrrole nitrogens is 2. The Morgan fingerprint density at radius 2 is 2.09 bits per heavy atom. The summed E-state index contributed by atoms with van der Waals surface area (Å²) in [6.07, 6.45) is 13.8. The van der Waals surface area contributed by atoms with Gasteiger partial charge in [-0.1, -0.05) is 32.4 Å². The van der Waals surface area contributed by atoms with Crippen molar-refractivity contribution in [2.45, 2.75) is 58.8 Å². The fourth-order valence-corrected chi connectivity index (χ4v) is 5.57. The molecule has 1 amide bonds. The van der Waals surface area contributed by atoms with E-state index in [-0.39, 0.29) is 5.91 Å². The summed E-state index contributed by atoms with van der Waals surface area (Å²) in [4.78, 5) is 21.2. The van der Waals surface area contributed by atoms with Gasteiger partial charge in [0.25, 0.3) is 0 Å². The molecule has 3 aliphatic rings. The Balaban J connectivity index is 1.42. The van der Waals surface area contributed by atoms with Gasteiger partial charge in [0.15, 0.2) is 0 Å². The molecule has 1 aliphatic heterocycles. The molecule has 0 radical (unpaired) electrons. The highest BCUT2D eigenvalue weighted by atomic mass is 16.2. The molecule has 2 aliphatic carbocycles. The third-order valence-corrected chi connectivity index (χ3v) is 7.99. The smallest absolute Gasteiger partial charge is 0.250 e. The molecule has 2 aromatic rings. The molecule has 5 rings (SSSR count). The van der Waals surface area contributed by atoms with Crippen molar-refractivity contribution in [3.8, 4) is 11.4 Å². The van der Waals surface area contributed by atoms with Crippen LogP contribution >= 0.6 is 0 Å². The maximum Gasteiger partial charge on any atom is 0.250 e. The summed E-state index contributed by atoms with van der Waals surface area (Å²) in [5.74, 6) is 0.173. The highest BCUT2D eigenvalue weighted by Gasteiger charge is 2.30. The van der Waals surface area contributed by atoms with E-state index in [1.165, 1.54) is 30.5 Å². The molecule has 1 unspecified atom stereocenters. The molecule has 33 heavy (non-hydrogen) atoms. The van der Waals surface area contributed by atoms with Gasteiger partial charge in [-0.2, -0.15) is 5.10 Å². The van der Waals surface area contributed by atoms with Crippen molar-refractivity contribution in [2.75, 3.05) is 33.2 Å². The minimum atomic E-state index is 0.173. The standard InChI is InChI=1S/C27H37N5O/c1-4-27(2)11-6-10-21-24(18-27)29-30-25(21)23-16-19-8-5-9-20(17-22(19)28-23)26(33)32-13-7-12-31(3)14-15-32/h5,8,16-17,28H,4,6-7,9-15,18H2,1-3H3,(H,29,30). The predicted molar refractivity (Wildman–Crippen MR) is 134 cm³/mol. The largest absolute Gasteiger partial charge is 0.353 e. The molecule has 1 fully saturated rings. The quantitative estimate of drug-likeness (QED) is 0.672. The van der Waals surface area contributed by atoms with Crippen LogP contribution in [0.2, 0.25) is 0 Å². The average molecular weight is 448 g/mol. The Labute approximate surface area is 197 Å². The number of hydrogen-bond acceptors (Lipinski definition) is 3. The van der Waals surface area contributed by atoms with E-state index in [1.54, 1.807) is 0 Å². The Hall–Kier alpha value is -2.60. The van der Waals surface area contributed by atoms with E-state index >= 15 is 0 Å². The Bertz CT molecular complexity index is 1090. The number of likely N-dealkylation sites (N-methyl/N-ethyl adjacent to an activating group) is 1. The van der Waals surface area contributed by atoms with E-state index in [0.717, 1.165) is 73.7 Å². The number of nitrogens with zero attached hydrogens (tertiary/aromatic N) is 3. The number of rotatable bonds is 3. The van der Waals surface area contributed by atoms with Crippen LogP contribution in [0.4, 0.5) is 0 Å². The van der Waals surface area contributed by atoms with Crippen LogP contribution in [0.5, 0.6) is 0 Å². The van der Waals surface area contributed by atoms with Gasteiger partial charge in [0.1, 0.15) is 5.69 Å². The predicted octanol–water partition coefficient (Wildman–Crippen LogP) is 4.66. The summed E-state index contributed by atoms with van der Waals surface area (Å²) in [6, 6.07) is 2.19. The van der Waals surface area contributed by atoms with Gasteiger partial charge < -0.3 is 14.8 Å². The van der Waals surface area contributed by atoms with Crippen molar-refractivity contribution in [2.24, 2.45) is 5.41 Å². The first-order chi connectivity index (χ1) is 16.0. The summed E-state index contributed by atoms with van der Waals surface area (Å²) >= 11 is 0. The van der Waals surface area contributed by atoms with Crippen LogP contribution in [0.15, 0.2) is 17.7 Å². The van der Waals surface area contributed by atoms with Crippen molar-refractivity contribution in [3.05, 3.63) is 40.2 Å². The summed E-state index contributed by atoms with van der Waals surface area (Å²) in [5, 5.41) is 8.10. The lowest BCUT2D eigenvalue weighted by Gasteiger charge is -2.25. The summed E-state index contributed by atoms with van der Waals surface area (Å²) in [5.41, 5.74) is 8.11. The number of fused-ring (bicyclic) bond motifs is 2. The molecule has 1 atom stereocenters. The van der Waals surface area contributed by atoms with E-state index in [1.807, 2.05) is 4.90 Å². The topological polar surface area (TPSA) is 68.0 Å². The molecule has 2 aromatic heterocycles. The number of carbonyl (C=O) groups is 1. The van der Waals surface area contributed by atoms with Crippen molar-refractivity contribution in [1.82, 2.24) is 25.0 Å². The van der Waals surface area contributed by atoms with Gasteiger partial charge in [0.05, 0.1) is 5.69 Å². The highest BCUT2D eigenvalue weighted by molar-refractivity contribution is 5.99. The van der Waals surface area contributed by atoms with Gasteiger partial charge >= 0.3 is 0 Å². The van der Waals surface area contributed by atoms with Crippen LogP contribution < -0.4 is 0 Å². The minimum Gasteiger partial charge on any atom is -0.353 e. The molecule has 2 N–H and O–H groups in total. The van der Waals surface area contributed by atoms with Crippen LogP contribution in [-0.2, 0) is 17.6 Å². The van der Waals surface area contributed by atoms with Gasteiger partial charge in [-0.3, -0.25) is 9.89 Å². The molecule has 3 heterocycles. The first-order valence-corrected chi connectivity index (χ1v) is 12.6. The van der Waals surface area contributed by atoms with Crippen LogP contribution in [0, 0.1) is 5.41 Å². The van der Waals surface area contributed by atoms with Gasteiger partial charge in [-0.15, -0.1) is 0 Å². The number of nitrogens with one attached hydrogen (secondary N) is 2. The Kier molecular flexibility index (Phi) is 6.04. The zero-order chi connectivity index (χ0) is 23.0. The van der Waals surface area contributed by atoms with Crippen molar-refractivity contribution < 1.29 is 4.79 Å². The van der Waals surface area contributed by atoms with E-state index in [0.29, 0.717) is 11.8 Å². The van der Waals surface area contributed by atoms with E-state index in [9.17, 15) is 4.79 Å². The molecule has 176 valence electrons. The first kappa shape index (κ1) is 22.2. The number of aromatic nitrogens is 3. The first-order valence-electron chi connectivity index (χ1n) is 12.6. The van der Waals surface area contributed by atoms with Crippen LogP contribution in [-0.4, -0.2) is 64.1 Å². The van der Waals surface area contributed by atoms with Crippen LogP contribution in [0.3, 0.4) is 0 Å². The number of hydrogen-bond donors (Lipinski definition) is 2. The monoisotopic (exact) mass is 447 g/mol. The fraction of sp³-hybridized carbons (Fsp3) is 0.556. The molecule has 1 saturated heterocycles. The molecular formula is C27H37N5O. The second-order valence-corrected chi connectivity index (χ2v) is 10.5. The average Bonchev–Trinajstić information content (AvgIpc) is 3.14. The Morgan fingerprint density at radius 3 is 2.94 bits per heavy atom. The van der Waals surface area contributed by atoms with Gasteiger partial charge in [0, 0.05) is 42.2 Å². The number of aromatic amines is 2. The minimum absolute atomic E-state index is 0.173. The second-order valence-electron chi connectivity index (χ2n) is 10.5. The summed E-state index contributed by atoms with van der Waals surface area (Å²) in [6.45, 7) is 8.33. The van der Waals surface area contributed by atoms with E-state index in [2.05, 4.69) is 60.2 Å². The lowest BCUT2D eigenvalue weighted by Crippen LogP contribution is -2.35. The van der Waals surface area contributed by atoms with Gasteiger partial charge in [-0.25, -0.2) is 0 Å². The summed E-state index contributed by atoms with van der Waals surface area (Å²) in [7, 11) is 2.13. The van der Waals surface area contributed by atoms with Gasteiger partial charge in [-0.05, 0) is 75.2 Å². The maximum atomic E-state index is 13.3. The molecule has 6 heteroatoms. The summed E-state index contributed by atoms with van der Waals surface area (Å²) < 4.78 is 0. The van der Waals surface area contributed by atoms with Crippen LogP contribution in [0.25, 0.3) is 23.5 Å². The van der Waals surface area contributed by atoms with E-state index < -0.39 is 0 Å². The number of carbonyl (C=O) groups excluding carboxylic acids is 1. The van der Waals surface area contributed by atoms with Crippen molar-refractivity contribution in [1.29, 1.82) is 0 Å². The van der Waals surface area contributed by atoms with E-state index in [4.69, 9.17) is 5.10 Å². The lowest BCUT2D eigenvalue weighted by atomic mass is 9.80. The van der Waals surface area contributed by atoms with Crippen molar-refractivity contribution in [3.63, 3.8) is 0 Å². The molecule has 6 nitrogen and oxygen atoms in total. The molecule has 0 spiro atoms. The van der Waals surface area contributed by atoms with Crippen molar-refractivity contribution >= 4 is 18.1 Å². The highest BCUT2D eigenvalue weighted by Crippen LogP contribution is 2.39. The zero-order valence-electron chi connectivity index (χ0n) is 20.3. The lowest BCUT2D eigenvalue weighted by molar-refractivity contribution is -0.127. The third kappa shape index (κ3) is 4.45. The maximum absolute atomic E-state index is 13.3. The third-order valence-electron chi connectivity index (χ3n) is 7.99. The van der Waals surface area contributed by atoms with Crippen LogP contribution in [0.1, 0.15) is 68.5 Å². The zero-order valence-corrected chi connectivity index (χ0v) is 20.3. The molecule has 0 bridgehead atoms. The molecule has 0 saturated carbocycles.